The fourth-order valence-corrected chi connectivity index (χ4v) is 6.01. The number of nitrogens with zero attached hydrogens (tertiary/aromatic N) is 2. The highest BCUT2D eigenvalue weighted by Crippen LogP contribution is 2.31. The molecule has 7 nitrogen and oxygen atoms in total. The molecule has 0 atom stereocenters. The summed E-state index contributed by atoms with van der Waals surface area (Å²) < 4.78 is 73.0. The highest BCUT2D eigenvalue weighted by Gasteiger charge is 2.30. The first-order chi connectivity index (χ1) is 21.8. The maximum Gasteiger partial charge on any atom is 0.416 e. The quantitative estimate of drug-likeness (QED) is 0.157. The van der Waals surface area contributed by atoms with Crippen LogP contribution in [0.2, 0.25) is 10.0 Å². The Labute approximate surface area is 272 Å². The van der Waals surface area contributed by atoms with Gasteiger partial charge in [0.2, 0.25) is 0 Å². The molecule has 0 aliphatic carbocycles. The van der Waals surface area contributed by atoms with Crippen molar-refractivity contribution in [2.75, 3.05) is 11.8 Å². The van der Waals surface area contributed by atoms with E-state index in [2.05, 4.69) is 4.72 Å². The number of sulfonamides is 1. The number of hydrogen-bond donors (Lipinski definition) is 1. The predicted molar refractivity (Wildman–Crippen MR) is 172 cm³/mol. The van der Waals surface area contributed by atoms with Crippen LogP contribution in [0.15, 0.2) is 102 Å². The number of ether oxygens (including phenoxy) is 1. The number of imidazole rings is 1. The van der Waals surface area contributed by atoms with E-state index in [4.69, 9.17) is 32.9 Å². The van der Waals surface area contributed by atoms with Crippen LogP contribution in [0, 0.1) is 0 Å². The number of esters is 1. The van der Waals surface area contributed by atoms with Crippen molar-refractivity contribution in [3.05, 3.63) is 135 Å². The average molecular weight is 687 g/mol. The van der Waals surface area contributed by atoms with E-state index in [1.807, 2.05) is 22.9 Å². The Morgan fingerprint density at radius 1 is 0.935 bits per heavy atom. The van der Waals surface area contributed by atoms with Gasteiger partial charge in [0.25, 0.3) is 10.0 Å². The van der Waals surface area contributed by atoms with Gasteiger partial charge in [-0.25, -0.2) is 18.2 Å². The Bertz CT molecular complexity index is 2010. The summed E-state index contributed by atoms with van der Waals surface area (Å²) in [6.07, 6.45) is 0.859. The molecule has 0 aliphatic heterocycles. The van der Waals surface area contributed by atoms with Gasteiger partial charge in [0.05, 0.1) is 33.8 Å². The van der Waals surface area contributed by atoms with E-state index in [9.17, 15) is 26.4 Å². The van der Waals surface area contributed by atoms with Crippen molar-refractivity contribution in [3.63, 3.8) is 0 Å². The van der Waals surface area contributed by atoms with Crippen LogP contribution in [-0.4, -0.2) is 31.0 Å². The molecule has 5 rings (SSSR count). The van der Waals surface area contributed by atoms with E-state index in [1.165, 1.54) is 19.2 Å². The summed E-state index contributed by atoms with van der Waals surface area (Å²) in [4.78, 5) is 16.3. The topological polar surface area (TPSA) is 90.3 Å². The molecule has 236 valence electrons. The molecule has 0 bridgehead atoms. The van der Waals surface area contributed by atoms with Crippen molar-refractivity contribution >= 4 is 57.0 Å². The zero-order valence-electron chi connectivity index (χ0n) is 23.9. The number of halogens is 5. The SMILES string of the molecule is COC(=O)c1ccc(Cn2cc(-c3ccc(Cl)cc3Cl)nc2C=Cc2ccc(NS(=O)(=O)c3ccc(C(F)(F)F)cc3)cc2)cc1. The molecular formula is C33H24Cl2F3N3O4S. The van der Waals surface area contributed by atoms with Crippen LogP contribution in [0.4, 0.5) is 18.9 Å². The first kappa shape index (κ1) is 32.8. The van der Waals surface area contributed by atoms with Crippen LogP contribution in [0.1, 0.15) is 32.9 Å². The standard InChI is InChI=1S/C33H24Cl2F3N3O4S/c1-45-32(42)23-7-2-22(3-8-23)19-41-20-30(28-16-11-25(34)18-29(28)35)39-31(41)17-6-21-4-12-26(13-5-21)40-46(43,44)27-14-9-24(10-15-27)33(36,37)38/h2-18,20,40H,19H2,1H3. The molecule has 0 amide bonds. The van der Waals surface area contributed by atoms with Crippen molar-refractivity contribution in [3.8, 4) is 11.3 Å². The number of hydrogen-bond acceptors (Lipinski definition) is 5. The molecule has 1 heterocycles. The number of carbonyl (C=O) groups excluding carboxylic acids is 1. The highest BCUT2D eigenvalue weighted by atomic mass is 35.5. The summed E-state index contributed by atoms with van der Waals surface area (Å²) in [5, 5.41) is 0.925. The normalized spacial score (nSPS) is 12.0. The molecule has 1 aromatic heterocycles. The minimum Gasteiger partial charge on any atom is -0.465 e. The Morgan fingerprint density at radius 2 is 1.61 bits per heavy atom. The summed E-state index contributed by atoms with van der Waals surface area (Å²) in [7, 11) is -2.79. The molecular weight excluding hydrogens is 662 g/mol. The van der Waals surface area contributed by atoms with Gasteiger partial charge in [-0.3, -0.25) is 4.72 Å². The van der Waals surface area contributed by atoms with E-state index in [1.54, 1.807) is 54.6 Å². The third kappa shape index (κ3) is 7.79. The molecule has 1 N–H and O–H groups in total. The zero-order valence-corrected chi connectivity index (χ0v) is 26.3. The fourth-order valence-electron chi connectivity index (χ4n) is 4.45. The molecule has 46 heavy (non-hydrogen) atoms. The van der Waals surface area contributed by atoms with Crippen LogP contribution in [0.3, 0.4) is 0 Å². The Balaban J connectivity index is 1.37. The smallest absolute Gasteiger partial charge is 0.416 e. The number of carbonyl (C=O) groups is 1. The van der Waals surface area contributed by atoms with E-state index >= 15 is 0 Å². The lowest BCUT2D eigenvalue weighted by Crippen LogP contribution is -2.13. The molecule has 4 aromatic carbocycles. The fraction of sp³-hybridized carbons (Fsp3) is 0.0909. The van der Waals surface area contributed by atoms with Crippen LogP contribution in [0.25, 0.3) is 23.4 Å². The maximum atomic E-state index is 12.8. The molecule has 0 radical (unpaired) electrons. The average Bonchev–Trinajstić information content (AvgIpc) is 3.42. The number of nitrogens with one attached hydrogen (secondary N) is 1. The summed E-state index contributed by atoms with van der Waals surface area (Å²) in [6.45, 7) is 0.421. The Kier molecular flexibility index (Phi) is 9.57. The van der Waals surface area contributed by atoms with Crippen LogP contribution < -0.4 is 4.72 Å². The lowest BCUT2D eigenvalue weighted by molar-refractivity contribution is -0.137. The maximum absolute atomic E-state index is 12.8. The molecule has 0 fully saturated rings. The van der Waals surface area contributed by atoms with Gasteiger partial charge in [0.15, 0.2) is 0 Å². The van der Waals surface area contributed by atoms with Gasteiger partial charge in [-0.05, 0) is 83.9 Å². The monoisotopic (exact) mass is 685 g/mol. The lowest BCUT2D eigenvalue weighted by atomic mass is 10.1. The Hall–Kier alpha value is -4.58. The second-order valence-electron chi connectivity index (χ2n) is 10.0. The number of methoxy groups -OCH3 is 1. The van der Waals surface area contributed by atoms with Gasteiger partial charge in [0.1, 0.15) is 5.82 Å². The number of aromatic nitrogens is 2. The molecule has 5 aromatic rings. The van der Waals surface area contributed by atoms with Gasteiger partial charge < -0.3 is 9.30 Å². The first-order valence-electron chi connectivity index (χ1n) is 13.5. The molecule has 0 saturated carbocycles. The third-order valence-electron chi connectivity index (χ3n) is 6.82. The largest absolute Gasteiger partial charge is 0.465 e. The van der Waals surface area contributed by atoms with Crippen LogP contribution in [-0.2, 0) is 27.5 Å². The minimum atomic E-state index is -4.57. The summed E-state index contributed by atoms with van der Waals surface area (Å²) in [6, 6.07) is 21.8. The first-order valence-corrected chi connectivity index (χ1v) is 15.7. The highest BCUT2D eigenvalue weighted by molar-refractivity contribution is 7.92. The Morgan fingerprint density at radius 3 is 2.22 bits per heavy atom. The van der Waals surface area contributed by atoms with E-state index in [0.717, 1.165) is 35.4 Å². The molecule has 13 heteroatoms. The van der Waals surface area contributed by atoms with Crippen molar-refractivity contribution in [1.82, 2.24) is 9.55 Å². The van der Waals surface area contributed by atoms with Crippen molar-refractivity contribution in [2.45, 2.75) is 17.6 Å². The van der Waals surface area contributed by atoms with Gasteiger partial charge in [-0.1, -0.05) is 53.5 Å². The van der Waals surface area contributed by atoms with Gasteiger partial charge in [-0.2, -0.15) is 13.2 Å². The zero-order chi connectivity index (χ0) is 33.1. The van der Waals surface area contributed by atoms with E-state index < -0.39 is 27.7 Å². The van der Waals surface area contributed by atoms with E-state index in [0.29, 0.717) is 39.2 Å². The van der Waals surface area contributed by atoms with Gasteiger partial charge in [-0.15, -0.1) is 0 Å². The van der Waals surface area contributed by atoms with Crippen LogP contribution >= 0.6 is 23.2 Å². The second kappa shape index (κ2) is 13.4. The number of rotatable bonds is 9. The molecule has 0 saturated heterocycles. The van der Waals surface area contributed by atoms with Crippen molar-refractivity contribution < 1.29 is 31.1 Å². The van der Waals surface area contributed by atoms with Crippen LogP contribution in [0.5, 0.6) is 0 Å². The summed E-state index contributed by atoms with van der Waals surface area (Å²) in [5.41, 5.74) is 2.64. The summed E-state index contributed by atoms with van der Waals surface area (Å²) in [5.74, 6) is 0.154. The minimum absolute atomic E-state index is 0.230. The number of alkyl halides is 3. The molecule has 0 spiro atoms. The summed E-state index contributed by atoms with van der Waals surface area (Å²) >= 11 is 12.5. The van der Waals surface area contributed by atoms with Crippen molar-refractivity contribution in [1.29, 1.82) is 0 Å². The van der Waals surface area contributed by atoms with Crippen molar-refractivity contribution in [2.24, 2.45) is 0 Å². The molecule has 0 aliphatic rings. The molecule has 0 unspecified atom stereocenters. The lowest BCUT2D eigenvalue weighted by Gasteiger charge is -2.10. The van der Waals surface area contributed by atoms with Gasteiger partial charge in [0, 0.05) is 29.0 Å². The second-order valence-corrected chi connectivity index (χ2v) is 12.5. The van der Waals surface area contributed by atoms with Gasteiger partial charge >= 0.3 is 12.1 Å². The number of anilines is 1. The van der Waals surface area contributed by atoms with E-state index in [-0.39, 0.29) is 10.6 Å². The number of benzene rings is 4. The predicted octanol–water partition coefficient (Wildman–Crippen LogP) is 8.68. The third-order valence-corrected chi connectivity index (χ3v) is 8.77.